The molecule has 12 nitrogen and oxygen atoms in total. The molecule has 0 bridgehead atoms. The quantitative estimate of drug-likeness (QED) is 0.220. The maximum atomic E-state index is 11.7. The van der Waals surface area contributed by atoms with Crippen LogP contribution in [0.3, 0.4) is 0 Å². The molecule has 2 aliphatic rings. The van der Waals surface area contributed by atoms with Crippen LogP contribution in [0.15, 0.2) is 0 Å². The minimum absolute atomic E-state index is 0. The van der Waals surface area contributed by atoms with Crippen LogP contribution < -0.4 is 28.5 Å². The Morgan fingerprint density at radius 1 is 0.786 bits per heavy atom. The standard InChI is InChI=1S/C12H22N2O4.C11H19NO3.C3H7.C2H7NO.ClH.Mg/c1-12(2,3)18-11(16)13-9-6-8(7-9)10(15)14(4)17-5;1-7(13)8-5-9(6-8)12-10(14)15-11(2,3)4;1-3-2;1-3-4-2;;/h8-9H,6-7H2,1-5H3,(H,13,16);8-9H,5-6H2,1-4H3,(H,12,14);3H,1-2H3;3H,1-2H3;1H;/q;;-1;;;+2/p-1. The molecule has 0 saturated heterocycles. The molecule has 0 aromatic carbocycles. The number of halogens is 1. The second-order valence-corrected chi connectivity index (χ2v) is 11.6. The number of ether oxygens (including phenoxy) is 2. The van der Waals surface area contributed by atoms with Crippen LogP contribution in [0, 0.1) is 18.3 Å². The Morgan fingerprint density at radius 3 is 1.33 bits per heavy atom. The van der Waals surface area contributed by atoms with Crippen molar-refractivity contribution in [2.75, 3.05) is 28.3 Å². The van der Waals surface area contributed by atoms with Crippen LogP contribution in [0.2, 0.25) is 0 Å². The molecule has 0 aliphatic heterocycles. The van der Waals surface area contributed by atoms with E-state index < -0.39 is 23.4 Å². The van der Waals surface area contributed by atoms with Gasteiger partial charge in [0, 0.05) is 38.0 Å². The number of alkyl carbamates (subject to hydrolysis) is 2. The van der Waals surface area contributed by atoms with Crippen LogP contribution in [-0.2, 0) is 28.7 Å². The van der Waals surface area contributed by atoms with Gasteiger partial charge in [0.2, 0.25) is 5.91 Å². The van der Waals surface area contributed by atoms with Crippen molar-refractivity contribution in [3.05, 3.63) is 6.42 Å². The third-order valence-corrected chi connectivity index (χ3v) is 5.43. The molecule has 3 N–H and O–H groups in total. The fourth-order valence-electron chi connectivity index (χ4n) is 3.30. The van der Waals surface area contributed by atoms with E-state index in [9.17, 15) is 19.2 Å². The van der Waals surface area contributed by atoms with E-state index in [1.165, 1.54) is 12.2 Å². The molecule has 0 unspecified atom stereocenters. The summed E-state index contributed by atoms with van der Waals surface area (Å²) in [5, 5.41) is 6.70. The van der Waals surface area contributed by atoms with Crippen LogP contribution in [0.25, 0.3) is 0 Å². The third kappa shape index (κ3) is 24.1. The zero-order valence-electron chi connectivity index (χ0n) is 28.0. The maximum absolute atomic E-state index is 11.7. The molecule has 3 amide bonds. The van der Waals surface area contributed by atoms with Gasteiger partial charge in [0.1, 0.15) is 17.0 Å². The van der Waals surface area contributed by atoms with E-state index in [1.807, 2.05) is 61.8 Å². The van der Waals surface area contributed by atoms with Crippen molar-refractivity contribution in [2.45, 2.75) is 111 Å². The van der Waals surface area contributed by atoms with Crippen molar-refractivity contribution in [2.24, 2.45) is 11.8 Å². The van der Waals surface area contributed by atoms with Crippen LogP contribution in [0.1, 0.15) is 88.0 Å². The number of rotatable bonds is 6. The molecule has 42 heavy (non-hydrogen) atoms. The molecule has 0 atom stereocenters. The first-order valence-corrected chi connectivity index (χ1v) is 13.6. The molecule has 0 radical (unpaired) electrons. The Hall–Kier alpha value is -1.38. The monoisotopic (exact) mass is 634 g/mol. The third-order valence-electron chi connectivity index (χ3n) is 5.43. The Balaban J connectivity index is -0.000000273. The molecular formula is C28H55ClMgN4O8. The summed E-state index contributed by atoms with van der Waals surface area (Å²) < 4.78 is 10.2. The predicted molar refractivity (Wildman–Crippen MR) is 160 cm³/mol. The molecule has 2 saturated carbocycles. The number of Topliss-reactive ketones (excluding diaryl/α,β-unsaturated/α-hetero) is 1. The minimum atomic E-state index is -0.501. The van der Waals surface area contributed by atoms with E-state index in [2.05, 4.69) is 21.0 Å². The fourth-order valence-corrected chi connectivity index (χ4v) is 3.30. The molecule has 0 spiro atoms. The largest absolute Gasteiger partial charge is 2.00 e. The number of hydrogen-bond acceptors (Lipinski definition) is 9. The van der Waals surface area contributed by atoms with E-state index in [0.29, 0.717) is 12.8 Å². The van der Waals surface area contributed by atoms with Gasteiger partial charge in [-0.05, 0) is 74.1 Å². The van der Waals surface area contributed by atoms with Crippen molar-refractivity contribution < 1.29 is 50.7 Å². The molecule has 0 heterocycles. The number of ketones is 1. The van der Waals surface area contributed by atoms with Gasteiger partial charge in [0.05, 0.1) is 14.2 Å². The Labute approximate surface area is 275 Å². The average Bonchev–Trinajstić information content (AvgIpc) is 2.75. The summed E-state index contributed by atoms with van der Waals surface area (Å²) in [6.45, 7) is 16.5. The summed E-state index contributed by atoms with van der Waals surface area (Å²) in [4.78, 5) is 54.5. The molecule has 2 rings (SSSR count). The molecule has 2 fully saturated rings. The van der Waals surface area contributed by atoms with Gasteiger partial charge in [-0.25, -0.2) is 20.1 Å². The molecule has 14 heteroatoms. The number of nitrogens with zero attached hydrogens (tertiary/aromatic N) is 1. The summed E-state index contributed by atoms with van der Waals surface area (Å²) in [7, 11) is 6.31. The zero-order chi connectivity index (χ0) is 31.7. The van der Waals surface area contributed by atoms with Gasteiger partial charge in [-0.3, -0.25) is 14.4 Å². The second kappa shape index (κ2) is 24.0. The summed E-state index contributed by atoms with van der Waals surface area (Å²) in [5.74, 6) is 0.205. The Bertz CT molecular complexity index is 764. The minimum Gasteiger partial charge on any atom is -1.00 e. The smallest absolute Gasteiger partial charge is 1.00 e. The van der Waals surface area contributed by atoms with Crippen molar-refractivity contribution in [1.29, 1.82) is 0 Å². The molecule has 244 valence electrons. The van der Waals surface area contributed by atoms with E-state index in [-0.39, 0.29) is 71.1 Å². The van der Waals surface area contributed by atoms with Gasteiger partial charge in [-0.2, -0.15) is 13.8 Å². The van der Waals surface area contributed by atoms with Crippen LogP contribution >= 0.6 is 0 Å². The van der Waals surface area contributed by atoms with Gasteiger partial charge >= 0.3 is 35.2 Å². The van der Waals surface area contributed by atoms with E-state index >= 15 is 0 Å². The fraction of sp³-hybridized carbons (Fsp3) is 0.821. The summed E-state index contributed by atoms with van der Waals surface area (Å²) in [6, 6.07) is 0.118. The summed E-state index contributed by atoms with van der Waals surface area (Å²) in [5.41, 5.74) is 1.47. The van der Waals surface area contributed by atoms with Gasteiger partial charge in [0.15, 0.2) is 0 Å². The Kier molecular flexibility index (Phi) is 27.2. The van der Waals surface area contributed by atoms with E-state index in [0.717, 1.165) is 12.8 Å². The maximum Gasteiger partial charge on any atom is 2.00 e. The van der Waals surface area contributed by atoms with Crippen molar-refractivity contribution in [3.63, 3.8) is 0 Å². The summed E-state index contributed by atoms with van der Waals surface area (Å²) in [6.07, 6.45) is 3.92. The van der Waals surface area contributed by atoms with Gasteiger partial charge in [0.25, 0.3) is 0 Å². The molecule has 2 aliphatic carbocycles. The predicted octanol–water partition coefficient (Wildman–Crippen LogP) is 0.809. The summed E-state index contributed by atoms with van der Waals surface area (Å²) >= 11 is 0. The van der Waals surface area contributed by atoms with Gasteiger partial charge in [-0.15, -0.1) is 0 Å². The SMILES string of the molecule is CC(=O)C1CC(NC(=O)OC(C)(C)C)C1.CNOC.CON(C)C(=O)C1CC(NC(=O)OC(C)(C)C)C1.C[CH-]C.[Cl-].[Mg+2]. The Morgan fingerprint density at radius 2 is 1.10 bits per heavy atom. The molecular weight excluding hydrogens is 580 g/mol. The van der Waals surface area contributed by atoms with Crippen molar-refractivity contribution in [3.8, 4) is 0 Å². The van der Waals surface area contributed by atoms with Crippen molar-refractivity contribution in [1.82, 2.24) is 21.2 Å². The van der Waals surface area contributed by atoms with Crippen LogP contribution in [0.5, 0.6) is 0 Å². The van der Waals surface area contributed by atoms with E-state index in [1.54, 1.807) is 28.1 Å². The number of carbonyl (C=O) groups excluding carboxylic acids is 4. The number of carbonyl (C=O) groups is 4. The molecule has 0 aromatic heterocycles. The second-order valence-electron chi connectivity index (χ2n) is 11.6. The number of hydrogen-bond donors (Lipinski definition) is 3. The average molecular weight is 636 g/mol. The van der Waals surface area contributed by atoms with Gasteiger partial charge in [-0.1, -0.05) is 0 Å². The van der Waals surface area contributed by atoms with Gasteiger partial charge < -0.3 is 43.8 Å². The van der Waals surface area contributed by atoms with E-state index in [4.69, 9.17) is 14.3 Å². The van der Waals surface area contributed by atoms with Crippen LogP contribution in [0.4, 0.5) is 9.59 Å². The van der Waals surface area contributed by atoms with Crippen molar-refractivity contribution >= 4 is 46.9 Å². The normalized spacial score (nSPS) is 20.0. The molecule has 0 aromatic rings. The van der Waals surface area contributed by atoms with Crippen LogP contribution in [-0.4, -0.2) is 104 Å². The number of nitrogens with one attached hydrogen (secondary N) is 3. The topological polar surface area (TPSA) is 145 Å². The number of amides is 3. The zero-order valence-corrected chi connectivity index (χ0v) is 30.2. The number of hydroxylamine groups is 3. The first-order valence-electron chi connectivity index (χ1n) is 13.6. The first kappa shape index (κ1) is 47.5. The first-order chi connectivity index (χ1) is 18.3.